The molecule has 0 bridgehead atoms. The third-order valence-corrected chi connectivity index (χ3v) is 9.41. The Hall–Kier alpha value is -4.44. The average molecular weight is 543 g/mol. The summed E-state index contributed by atoms with van der Waals surface area (Å²) in [4.78, 5) is 0. The topological polar surface area (TPSA) is 18.5 Å². The van der Waals surface area contributed by atoms with Crippen LogP contribution in [0.25, 0.3) is 28.0 Å². The van der Waals surface area contributed by atoms with Gasteiger partial charge in [-0.25, -0.2) is 8.78 Å². The third kappa shape index (κ3) is 3.28. The first-order chi connectivity index (χ1) is 20.1. The van der Waals surface area contributed by atoms with Crippen molar-refractivity contribution in [2.75, 3.05) is 7.11 Å². The quantitative estimate of drug-likeness (QED) is 0.226. The highest BCUT2D eigenvalue weighted by molar-refractivity contribution is 6.08. The second kappa shape index (κ2) is 8.78. The van der Waals surface area contributed by atoms with E-state index in [1.807, 2.05) is 54.6 Å². The summed E-state index contributed by atoms with van der Waals surface area (Å²) in [6.45, 7) is 0. The fourth-order valence-electron chi connectivity index (χ4n) is 7.73. The maximum atomic E-state index is 15.8. The van der Waals surface area contributed by atoms with E-state index < -0.39 is 22.7 Å². The zero-order chi connectivity index (χ0) is 27.8. The molecule has 8 rings (SSSR count). The Morgan fingerprint density at radius 2 is 1.44 bits per heavy atom. The Bertz CT molecular complexity index is 1870. The Labute approximate surface area is 237 Å². The molecule has 41 heavy (non-hydrogen) atoms. The zero-order valence-electron chi connectivity index (χ0n) is 22.7. The van der Waals surface area contributed by atoms with Crippen molar-refractivity contribution in [2.24, 2.45) is 0 Å². The largest absolute Gasteiger partial charge is 0.497 e. The van der Waals surface area contributed by atoms with Gasteiger partial charge in [-0.3, -0.25) is 0 Å². The minimum Gasteiger partial charge on any atom is -0.497 e. The molecule has 1 saturated carbocycles. The molecule has 1 atom stereocenters. The summed E-state index contributed by atoms with van der Waals surface area (Å²) in [7, 11) is 1.66. The van der Waals surface area contributed by atoms with Crippen molar-refractivity contribution in [3.05, 3.63) is 137 Å². The highest BCUT2D eigenvalue weighted by atomic mass is 19.1. The van der Waals surface area contributed by atoms with E-state index in [4.69, 9.17) is 9.47 Å². The van der Waals surface area contributed by atoms with Crippen molar-refractivity contribution in [1.29, 1.82) is 0 Å². The van der Waals surface area contributed by atoms with Gasteiger partial charge in [-0.2, -0.15) is 0 Å². The third-order valence-electron chi connectivity index (χ3n) is 9.41. The van der Waals surface area contributed by atoms with E-state index in [2.05, 4.69) is 36.4 Å². The smallest absolute Gasteiger partial charge is 0.178 e. The van der Waals surface area contributed by atoms with E-state index in [1.54, 1.807) is 7.11 Å². The molecular weight excluding hydrogens is 514 g/mol. The van der Waals surface area contributed by atoms with Crippen LogP contribution in [0.4, 0.5) is 8.78 Å². The predicted molar refractivity (Wildman–Crippen MR) is 158 cm³/mol. The molecular formula is C37H28F2O2. The van der Waals surface area contributed by atoms with Crippen molar-refractivity contribution < 1.29 is 18.3 Å². The number of methoxy groups -OCH3 is 1. The number of hydrogen-bond donors (Lipinski definition) is 0. The molecule has 2 nitrogen and oxygen atoms in total. The number of hydrogen-bond acceptors (Lipinski definition) is 2. The molecule has 1 unspecified atom stereocenters. The fraction of sp³-hybridized carbons (Fsp3) is 0.189. The molecule has 5 aromatic carbocycles. The van der Waals surface area contributed by atoms with E-state index in [-0.39, 0.29) is 0 Å². The maximum absolute atomic E-state index is 15.8. The molecule has 0 amide bonds. The van der Waals surface area contributed by atoms with Crippen LogP contribution in [0.5, 0.6) is 11.5 Å². The van der Waals surface area contributed by atoms with Crippen LogP contribution >= 0.6 is 0 Å². The highest BCUT2D eigenvalue weighted by Gasteiger charge is 2.51. The van der Waals surface area contributed by atoms with Crippen LogP contribution in [0.1, 0.15) is 53.5 Å². The van der Waals surface area contributed by atoms with Gasteiger partial charge in [0.05, 0.1) is 7.11 Å². The van der Waals surface area contributed by atoms with Crippen LogP contribution in [-0.4, -0.2) is 7.11 Å². The zero-order valence-corrected chi connectivity index (χ0v) is 22.7. The molecule has 0 radical (unpaired) electrons. The van der Waals surface area contributed by atoms with Crippen LogP contribution in [0, 0.1) is 11.6 Å². The van der Waals surface area contributed by atoms with Crippen LogP contribution < -0.4 is 9.47 Å². The monoisotopic (exact) mass is 542 g/mol. The van der Waals surface area contributed by atoms with Crippen LogP contribution in [0.15, 0.2) is 97.1 Å². The lowest BCUT2D eigenvalue weighted by atomic mass is 9.73. The molecule has 0 N–H and O–H groups in total. The highest BCUT2D eigenvalue weighted by Crippen LogP contribution is 2.63. The molecule has 2 aliphatic carbocycles. The lowest BCUT2D eigenvalue weighted by Crippen LogP contribution is -2.35. The summed E-state index contributed by atoms with van der Waals surface area (Å²) in [6, 6.07) is 28.9. The molecule has 202 valence electrons. The van der Waals surface area contributed by atoms with Gasteiger partial charge in [0.2, 0.25) is 0 Å². The Balaban J connectivity index is 1.46. The second-order valence-electron chi connectivity index (χ2n) is 11.4. The minimum atomic E-state index is -0.886. The normalized spacial score (nSPS) is 19.6. The van der Waals surface area contributed by atoms with E-state index in [9.17, 15) is 4.39 Å². The van der Waals surface area contributed by atoms with Gasteiger partial charge in [0.15, 0.2) is 5.60 Å². The Morgan fingerprint density at radius 1 is 0.756 bits per heavy atom. The van der Waals surface area contributed by atoms with E-state index in [1.165, 1.54) is 6.07 Å². The predicted octanol–water partition coefficient (Wildman–Crippen LogP) is 9.32. The van der Waals surface area contributed by atoms with Gasteiger partial charge in [0, 0.05) is 39.1 Å². The molecule has 1 spiro atoms. The van der Waals surface area contributed by atoms with Gasteiger partial charge in [0.1, 0.15) is 23.1 Å². The van der Waals surface area contributed by atoms with Gasteiger partial charge in [-0.05, 0) is 59.2 Å². The summed E-state index contributed by atoms with van der Waals surface area (Å²) in [6.07, 6.45) is 7.96. The molecule has 5 aromatic rings. The second-order valence-corrected chi connectivity index (χ2v) is 11.4. The molecule has 0 aromatic heterocycles. The summed E-state index contributed by atoms with van der Waals surface area (Å²) < 4.78 is 43.3. The summed E-state index contributed by atoms with van der Waals surface area (Å²) in [5.74, 6) is 0.559. The van der Waals surface area contributed by atoms with E-state index in [0.717, 1.165) is 81.8 Å². The number of benzene rings is 5. The molecule has 3 aliphatic rings. The first-order valence-electron chi connectivity index (χ1n) is 14.2. The molecule has 1 heterocycles. The van der Waals surface area contributed by atoms with Crippen LogP contribution in [0.2, 0.25) is 0 Å². The number of rotatable bonds is 3. The van der Waals surface area contributed by atoms with Crippen LogP contribution in [-0.2, 0) is 11.0 Å². The molecule has 4 heteroatoms. The van der Waals surface area contributed by atoms with Gasteiger partial charge in [0.25, 0.3) is 0 Å². The molecule has 1 aliphatic heterocycles. The lowest BCUT2D eigenvalue weighted by molar-refractivity contribution is 0.163. The van der Waals surface area contributed by atoms with Gasteiger partial charge >= 0.3 is 0 Å². The van der Waals surface area contributed by atoms with Gasteiger partial charge in [-0.1, -0.05) is 85.6 Å². The summed E-state index contributed by atoms with van der Waals surface area (Å²) >= 11 is 0. The number of halogens is 2. The Morgan fingerprint density at radius 3 is 2.17 bits per heavy atom. The van der Waals surface area contributed by atoms with E-state index in [0.29, 0.717) is 11.1 Å². The fourth-order valence-corrected chi connectivity index (χ4v) is 7.73. The molecule has 1 fully saturated rings. The van der Waals surface area contributed by atoms with Gasteiger partial charge in [-0.15, -0.1) is 0 Å². The molecule has 0 saturated heterocycles. The SMILES string of the molecule is COc1ccc(C2(c3ccccc3)C=Cc3c4c(c5ccccc5c3O2)-c2cc(F)cc(F)c2C42CCCC2)cc1. The summed E-state index contributed by atoms with van der Waals surface area (Å²) in [5.41, 5.74) is 4.91. The van der Waals surface area contributed by atoms with Crippen molar-refractivity contribution >= 4 is 16.8 Å². The number of ether oxygens (including phenoxy) is 2. The van der Waals surface area contributed by atoms with Crippen molar-refractivity contribution in [1.82, 2.24) is 0 Å². The Kier molecular flexibility index (Phi) is 5.22. The average Bonchev–Trinajstić information content (AvgIpc) is 3.61. The van der Waals surface area contributed by atoms with Crippen molar-refractivity contribution in [3.8, 4) is 22.6 Å². The number of fused-ring (bicyclic) bond motifs is 10. The lowest BCUT2D eigenvalue weighted by Gasteiger charge is -2.39. The first-order valence-corrected chi connectivity index (χ1v) is 14.2. The maximum Gasteiger partial charge on any atom is 0.178 e. The minimum absolute atomic E-state index is 0.450. The first kappa shape index (κ1) is 24.4. The van der Waals surface area contributed by atoms with Crippen LogP contribution in [0.3, 0.4) is 0 Å². The standard InChI is InChI=1S/C37H28F2O2/c1-40-26-15-13-24(14-16-26)37(23-9-3-2-4-10-23)20-17-29-34-32(27-11-5-6-12-28(27)35(29)41-37)30-21-25(38)22-31(39)33(30)36(34)18-7-8-19-36/h2-6,9-17,20-22H,7-8,18-19H2,1H3. The summed E-state index contributed by atoms with van der Waals surface area (Å²) in [5, 5.41) is 1.90. The van der Waals surface area contributed by atoms with E-state index >= 15 is 4.39 Å². The van der Waals surface area contributed by atoms with Crippen molar-refractivity contribution in [3.63, 3.8) is 0 Å². The van der Waals surface area contributed by atoms with Crippen molar-refractivity contribution in [2.45, 2.75) is 36.7 Å². The van der Waals surface area contributed by atoms with Gasteiger partial charge < -0.3 is 9.47 Å².